The molecule has 0 aromatic heterocycles. The second-order valence-corrected chi connectivity index (χ2v) is 4.51. The van der Waals surface area contributed by atoms with Crippen molar-refractivity contribution < 1.29 is 9.72 Å². The topological polar surface area (TPSA) is 87.8 Å². The van der Waals surface area contributed by atoms with Gasteiger partial charge in [0.15, 0.2) is 0 Å². The first kappa shape index (κ1) is 16.6. The molecule has 1 aromatic carbocycles. The summed E-state index contributed by atoms with van der Waals surface area (Å²) < 4.78 is 0. The smallest absolute Gasteiger partial charge is 0.269 e. The van der Waals surface area contributed by atoms with E-state index in [0.717, 1.165) is 0 Å². The maximum Gasteiger partial charge on any atom is 0.269 e. The molecular formula is C14H20N4O3. The highest BCUT2D eigenvalue weighted by Crippen LogP contribution is 2.15. The molecule has 1 N–H and O–H groups in total. The molecule has 0 bridgehead atoms. The summed E-state index contributed by atoms with van der Waals surface area (Å²) in [6, 6.07) is 5.94. The van der Waals surface area contributed by atoms with Crippen LogP contribution >= 0.6 is 0 Å². The number of hydrazone groups is 1. The van der Waals surface area contributed by atoms with E-state index in [-0.39, 0.29) is 18.0 Å². The minimum Gasteiger partial charge on any atom is -0.343 e. The monoisotopic (exact) mass is 292 g/mol. The Morgan fingerprint density at radius 1 is 1.29 bits per heavy atom. The maximum atomic E-state index is 11.9. The molecule has 0 radical (unpaired) electrons. The number of carbonyl (C=O) groups is 1. The van der Waals surface area contributed by atoms with Crippen LogP contribution in [0.3, 0.4) is 0 Å². The third-order valence-corrected chi connectivity index (χ3v) is 2.98. The molecule has 0 aliphatic rings. The number of rotatable bonds is 7. The van der Waals surface area contributed by atoms with Crippen LogP contribution in [0.15, 0.2) is 29.4 Å². The standard InChI is InChI=1S/C14H20N4O3/c1-4-17(5-2)14(19)10-11(3)15-16-12-6-8-13(9-7-12)18(20)21/h6-9,16H,4-5,10H2,1-3H3/b15-11+. The molecule has 0 aliphatic carbocycles. The number of hydrogen-bond donors (Lipinski definition) is 1. The number of non-ortho nitro benzene ring substituents is 1. The van der Waals surface area contributed by atoms with E-state index >= 15 is 0 Å². The van der Waals surface area contributed by atoms with Crippen molar-refractivity contribution in [2.75, 3.05) is 18.5 Å². The van der Waals surface area contributed by atoms with E-state index in [1.54, 1.807) is 24.0 Å². The molecule has 0 heterocycles. The number of anilines is 1. The zero-order valence-corrected chi connectivity index (χ0v) is 12.5. The number of carbonyl (C=O) groups excluding carboxylic acids is 1. The first-order valence-electron chi connectivity index (χ1n) is 6.79. The number of amides is 1. The van der Waals surface area contributed by atoms with Crippen LogP contribution in [0.2, 0.25) is 0 Å². The Balaban J connectivity index is 2.59. The van der Waals surface area contributed by atoms with Crippen LogP contribution in [0.1, 0.15) is 27.2 Å². The van der Waals surface area contributed by atoms with E-state index < -0.39 is 4.92 Å². The summed E-state index contributed by atoms with van der Waals surface area (Å²) in [5, 5.41) is 14.6. The Labute approximate surface area is 123 Å². The molecule has 7 nitrogen and oxygen atoms in total. The molecule has 1 amide bonds. The second kappa shape index (κ2) is 7.98. The molecule has 0 aliphatic heterocycles. The van der Waals surface area contributed by atoms with Crippen molar-refractivity contribution in [1.29, 1.82) is 0 Å². The van der Waals surface area contributed by atoms with E-state index in [2.05, 4.69) is 10.5 Å². The lowest BCUT2D eigenvalue weighted by Gasteiger charge is -2.18. The van der Waals surface area contributed by atoms with Crippen LogP contribution < -0.4 is 5.43 Å². The van der Waals surface area contributed by atoms with Gasteiger partial charge in [-0.15, -0.1) is 0 Å². The predicted molar refractivity (Wildman–Crippen MR) is 82.4 cm³/mol. The number of nitro benzene ring substituents is 1. The molecule has 0 atom stereocenters. The molecule has 7 heteroatoms. The molecule has 0 fully saturated rings. The molecule has 0 spiro atoms. The lowest BCUT2D eigenvalue weighted by Crippen LogP contribution is -2.31. The van der Waals surface area contributed by atoms with E-state index in [1.165, 1.54) is 12.1 Å². The van der Waals surface area contributed by atoms with Gasteiger partial charge in [-0.25, -0.2) is 0 Å². The normalized spacial score (nSPS) is 11.1. The van der Waals surface area contributed by atoms with Crippen LogP contribution in [-0.2, 0) is 4.79 Å². The molecule has 0 unspecified atom stereocenters. The average Bonchev–Trinajstić information content (AvgIpc) is 2.46. The van der Waals surface area contributed by atoms with Gasteiger partial charge < -0.3 is 4.90 Å². The highest BCUT2D eigenvalue weighted by atomic mass is 16.6. The first-order valence-corrected chi connectivity index (χ1v) is 6.79. The van der Waals surface area contributed by atoms with Gasteiger partial charge in [-0.1, -0.05) is 0 Å². The van der Waals surface area contributed by atoms with E-state index in [0.29, 0.717) is 24.5 Å². The van der Waals surface area contributed by atoms with Gasteiger partial charge in [0.25, 0.3) is 5.69 Å². The van der Waals surface area contributed by atoms with Crippen molar-refractivity contribution in [2.45, 2.75) is 27.2 Å². The Bertz CT molecular complexity index is 522. The zero-order valence-electron chi connectivity index (χ0n) is 12.5. The van der Waals surface area contributed by atoms with E-state index in [4.69, 9.17) is 0 Å². The van der Waals surface area contributed by atoms with E-state index in [9.17, 15) is 14.9 Å². The summed E-state index contributed by atoms with van der Waals surface area (Å²) in [5.74, 6) is 0.0340. The summed E-state index contributed by atoms with van der Waals surface area (Å²) >= 11 is 0. The quantitative estimate of drug-likeness (QED) is 0.475. The number of nitro groups is 1. The lowest BCUT2D eigenvalue weighted by molar-refractivity contribution is -0.384. The number of nitrogens with one attached hydrogen (secondary N) is 1. The Morgan fingerprint density at radius 3 is 2.33 bits per heavy atom. The zero-order chi connectivity index (χ0) is 15.8. The van der Waals surface area contributed by atoms with Crippen molar-refractivity contribution in [2.24, 2.45) is 5.10 Å². The van der Waals surface area contributed by atoms with Crippen molar-refractivity contribution >= 4 is 23.0 Å². The van der Waals surface area contributed by atoms with Crippen LogP contribution in [0.4, 0.5) is 11.4 Å². The van der Waals surface area contributed by atoms with Gasteiger partial charge in [0.05, 0.1) is 17.0 Å². The van der Waals surface area contributed by atoms with Crippen molar-refractivity contribution in [3.8, 4) is 0 Å². The third-order valence-electron chi connectivity index (χ3n) is 2.98. The Hall–Kier alpha value is -2.44. The average molecular weight is 292 g/mol. The molecule has 21 heavy (non-hydrogen) atoms. The van der Waals surface area contributed by atoms with Gasteiger partial charge in [-0.05, 0) is 32.9 Å². The van der Waals surface area contributed by atoms with Crippen LogP contribution in [0.5, 0.6) is 0 Å². The fourth-order valence-electron chi connectivity index (χ4n) is 1.76. The Kier molecular flexibility index (Phi) is 6.32. The number of benzene rings is 1. The minimum atomic E-state index is -0.457. The molecule has 114 valence electrons. The summed E-state index contributed by atoms with van der Waals surface area (Å²) in [6.45, 7) is 6.99. The van der Waals surface area contributed by atoms with Gasteiger partial charge in [0.2, 0.25) is 5.91 Å². The van der Waals surface area contributed by atoms with Gasteiger partial charge >= 0.3 is 0 Å². The van der Waals surface area contributed by atoms with Crippen molar-refractivity contribution in [3.05, 3.63) is 34.4 Å². The van der Waals surface area contributed by atoms with Gasteiger partial charge in [0.1, 0.15) is 0 Å². The van der Waals surface area contributed by atoms with Crippen molar-refractivity contribution in [3.63, 3.8) is 0 Å². The first-order chi connectivity index (χ1) is 9.97. The molecular weight excluding hydrogens is 272 g/mol. The van der Waals surface area contributed by atoms with Crippen LogP contribution in [-0.4, -0.2) is 34.5 Å². The summed E-state index contributed by atoms with van der Waals surface area (Å²) in [5.41, 5.74) is 4.10. The van der Waals surface area contributed by atoms with Crippen LogP contribution in [0.25, 0.3) is 0 Å². The molecule has 0 saturated carbocycles. The third kappa shape index (κ3) is 5.21. The fraction of sp³-hybridized carbons (Fsp3) is 0.429. The lowest BCUT2D eigenvalue weighted by atomic mass is 10.2. The maximum absolute atomic E-state index is 11.9. The summed E-state index contributed by atoms with van der Waals surface area (Å²) in [4.78, 5) is 23.7. The number of hydrogen-bond acceptors (Lipinski definition) is 5. The largest absolute Gasteiger partial charge is 0.343 e. The second-order valence-electron chi connectivity index (χ2n) is 4.51. The van der Waals surface area contributed by atoms with E-state index in [1.807, 2.05) is 13.8 Å². The van der Waals surface area contributed by atoms with Gasteiger partial charge in [-0.2, -0.15) is 5.10 Å². The highest BCUT2D eigenvalue weighted by molar-refractivity contribution is 6.00. The van der Waals surface area contributed by atoms with Crippen LogP contribution in [0, 0.1) is 10.1 Å². The molecule has 1 rings (SSSR count). The van der Waals surface area contributed by atoms with Gasteiger partial charge in [-0.3, -0.25) is 20.3 Å². The van der Waals surface area contributed by atoms with Gasteiger partial charge in [0, 0.05) is 30.9 Å². The summed E-state index contributed by atoms with van der Waals surface area (Å²) in [6.07, 6.45) is 0.252. The molecule has 0 saturated heterocycles. The number of nitrogens with zero attached hydrogens (tertiary/aromatic N) is 3. The summed E-state index contributed by atoms with van der Waals surface area (Å²) in [7, 11) is 0. The SMILES string of the molecule is CCN(CC)C(=O)C/C(C)=N/Nc1ccc([N+](=O)[O-])cc1. The minimum absolute atomic E-state index is 0.0259. The highest BCUT2D eigenvalue weighted by Gasteiger charge is 2.10. The Morgan fingerprint density at radius 2 is 1.86 bits per heavy atom. The van der Waals surface area contributed by atoms with Crippen molar-refractivity contribution in [1.82, 2.24) is 4.90 Å². The molecule has 1 aromatic rings. The predicted octanol–water partition coefficient (Wildman–Crippen LogP) is 2.64. The fourth-order valence-corrected chi connectivity index (χ4v) is 1.76.